The number of pyridine rings is 4. The summed E-state index contributed by atoms with van der Waals surface area (Å²) in [4.78, 5) is 66.9. The molecule has 0 aromatic carbocycles. The number of carboxylic acids is 1. The van der Waals surface area contributed by atoms with Gasteiger partial charge in [0.05, 0.1) is 107 Å². The molecule has 20 nitrogen and oxygen atoms in total. The number of Topliss-reactive ketones (excluding diaryl/α,β-unsaturated/α-hetero) is 1. The third-order valence-corrected chi connectivity index (χ3v) is 13.8. The van der Waals surface area contributed by atoms with Crippen molar-refractivity contribution >= 4 is 69.2 Å². The fourth-order valence-electron chi connectivity index (χ4n) is 9.23. The van der Waals surface area contributed by atoms with Crippen LogP contribution in [0.25, 0.3) is 22.3 Å². The maximum Gasteiger partial charge on any atom is 0.338 e. The quantitative estimate of drug-likeness (QED) is 0.0700. The van der Waals surface area contributed by atoms with Gasteiger partial charge in [-0.15, -0.1) is 0 Å². The second kappa shape index (κ2) is 21.0. The van der Waals surface area contributed by atoms with Crippen LogP contribution in [0.4, 0.5) is 0 Å². The minimum atomic E-state index is -1.02. The molecule has 0 amide bonds. The van der Waals surface area contributed by atoms with Gasteiger partial charge < -0.3 is 37.9 Å². The summed E-state index contributed by atoms with van der Waals surface area (Å²) < 4.78 is 21.4. The lowest BCUT2D eigenvalue weighted by Gasteiger charge is -2.14. The molecule has 2 aliphatic rings. The van der Waals surface area contributed by atoms with Crippen LogP contribution in [0.2, 0.25) is 10.0 Å². The van der Waals surface area contributed by atoms with E-state index in [-0.39, 0.29) is 23.3 Å². The zero-order chi connectivity index (χ0) is 52.4. The van der Waals surface area contributed by atoms with Crippen molar-refractivity contribution in [2.45, 2.75) is 82.8 Å². The number of esters is 2. The number of aromatic nitrogens is 12. The van der Waals surface area contributed by atoms with Crippen molar-refractivity contribution in [2.24, 2.45) is 5.73 Å². The van der Waals surface area contributed by atoms with Crippen molar-refractivity contribution < 1.29 is 33.8 Å². The van der Waals surface area contributed by atoms with E-state index < -0.39 is 16.8 Å². The van der Waals surface area contributed by atoms with Gasteiger partial charge in [0.25, 0.3) is 0 Å². The molecule has 2 aliphatic carbocycles. The van der Waals surface area contributed by atoms with Crippen molar-refractivity contribution in [3.63, 3.8) is 0 Å². The molecule has 0 unspecified atom stereocenters. The smallest absolute Gasteiger partial charge is 0.338 e. The number of carbonyl (C=O) groups is 4. The molecular formula is C53H51Cl2N13O7. The monoisotopic (exact) mass is 1050 g/mol. The number of carboxylic acid groups (broad SMARTS) is 1. The Balaban J connectivity index is 0.000000145. The van der Waals surface area contributed by atoms with Crippen molar-refractivity contribution in [2.75, 3.05) is 13.2 Å². The number of fused-ring (bicyclic) bond motifs is 4. The number of hydrogen-bond acceptors (Lipinski definition) is 13. The van der Waals surface area contributed by atoms with Crippen LogP contribution in [0.3, 0.4) is 0 Å². The number of ether oxygens (including phenoxy) is 2. The molecule has 0 aliphatic heterocycles. The second-order valence-electron chi connectivity index (χ2n) is 18.3. The minimum absolute atomic E-state index is 0.00294. The molecule has 2 fully saturated rings. The first-order valence-corrected chi connectivity index (χ1v) is 25.1. The van der Waals surface area contributed by atoms with Crippen LogP contribution in [0.15, 0.2) is 123 Å². The molecule has 0 atom stereocenters. The molecule has 75 heavy (non-hydrogen) atoms. The maximum absolute atomic E-state index is 12.9. The highest BCUT2D eigenvalue weighted by Gasteiger charge is 2.55. The number of aromatic carboxylic acids is 1. The molecule has 0 bridgehead atoms. The number of aryl methyl sites for hydroxylation is 1. The lowest BCUT2D eigenvalue weighted by atomic mass is 9.97. The SMILES string of the molecule is CCOC(=O)C1(c2cccn3cc(Cn4cc(C(=O)CCc5ncn6ccc(Cl)cc56)cn4)nc23)CC1.CCOC(=O)C1(c2cccn3cc(Cn4cc(C(=O)O)cn4)nc23)CC1.NCc1ncn2ccc(Cl)cc12. The van der Waals surface area contributed by atoms with Gasteiger partial charge in [-0.2, -0.15) is 10.2 Å². The number of rotatable bonds is 16. The summed E-state index contributed by atoms with van der Waals surface area (Å²) in [5, 5.41) is 18.8. The number of nitrogens with zero attached hydrogens (tertiary/aromatic N) is 12. The Labute approximate surface area is 438 Å². The van der Waals surface area contributed by atoms with Crippen LogP contribution in [-0.2, 0) is 55.9 Å². The predicted molar refractivity (Wildman–Crippen MR) is 276 cm³/mol. The van der Waals surface area contributed by atoms with Gasteiger partial charge in [0.15, 0.2) is 5.78 Å². The third-order valence-electron chi connectivity index (χ3n) is 13.4. The maximum atomic E-state index is 12.9. The van der Waals surface area contributed by atoms with Crippen LogP contribution in [0.1, 0.15) is 101 Å². The van der Waals surface area contributed by atoms with E-state index in [9.17, 15) is 19.2 Å². The summed E-state index contributed by atoms with van der Waals surface area (Å²) in [6.07, 6.45) is 24.7. The molecule has 3 N–H and O–H groups in total. The second-order valence-corrected chi connectivity index (χ2v) is 19.2. The zero-order valence-corrected chi connectivity index (χ0v) is 42.4. The first kappa shape index (κ1) is 50.3. The fraction of sp³-hybridized carbons (Fsp3) is 0.283. The van der Waals surface area contributed by atoms with Crippen LogP contribution >= 0.6 is 23.2 Å². The Morgan fingerprint density at radius 1 is 0.653 bits per heavy atom. The lowest BCUT2D eigenvalue weighted by molar-refractivity contribution is -0.147. The van der Waals surface area contributed by atoms with E-state index >= 15 is 0 Å². The zero-order valence-electron chi connectivity index (χ0n) is 40.9. The summed E-state index contributed by atoms with van der Waals surface area (Å²) in [6.45, 7) is 5.53. The van der Waals surface area contributed by atoms with Gasteiger partial charge in [0, 0.05) is 83.7 Å². The molecule has 384 valence electrons. The van der Waals surface area contributed by atoms with Crippen molar-refractivity contribution in [3.05, 3.63) is 178 Å². The molecule has 10 heterocycles. The van der Waals surface area contributed by atoms with Gasteiger partial charge in [-0.3, -0.25) is 23.7 Å². The van der Waals surface area contributed by atoms with E-state index in [2.05, 4.69) is 25.1 Å². The molecular weight excluding hydrogens is 1000 g/mol. The first-order chi connectivity index (χ1) is 36.3. The molecule has 10 aromatic heterocycles. The highest BCUT2D eigenvalue weighted by molar-refractivity contribution is 6.31. The number of nitrogens with two attached hydrogens (primary N) is 1. The van der Waals surface area contributed by atoms with E-state index in [1.54, 1.807) is 42.7 Å². The van der Waals surface area contributed by atoms with Gasteiger partial charge in [0.2, 0.25) is 0 Å². The van der Waals surface area contributed by atoms with E-state index in [1.165, 1.54) is 17.1 Å². The summed E-state index contributed by atoms with van der Waals surface area (Å²) in [5.74, 6) is -1.40. The van der Waals surface area contributed by atoms with E-state index in [1.807, 2.05) is 104 Å². The average Bonchev–Trinajstić information content (AvgIpc) is 3.88. The Bertz CT molecular complexity index is 3760. The van der Waals surface area contributed by atoms with Crippen molar-refractivity contribution in [1.82, 2.24) is 57.1 Å². The summed E-state index contributed by atoms with van der Waals surface area (Å²) >= 11 is 11.9. The number of imidazole rings is 4. The highest BCUT2D eigenvalue weighted by Crippen LogP contribution is 2.51. The Morgan fingerprint density at radius 3 is 1.60 bits per heavy atom. The topological polar surface area (TPSA) is 238 Å². The molecule has 0 radical (unpaired) electrons. The van der Waals surface area contributed by atoms with Crippen LogP contribution in [-0.4, -0.2) is 99.1 Å². The van der Waals surface area contributed by atoms with E-state index in [0.29, 0.717) is 61.3 Å². The Morgan fingerprint density at radius 2 is 1.13 bits per heavy atom. The lowest BCUT2D eigenvalue weighted by Crippen LogP contribution is -2.24. The van der Waals surface area contributed by atoms with Gasteiger partial charge in [0.1, 0.15) is 11.3 Å². The summed E-state index contributed by atoms with van der Waals surface area (Å²) in [5.41, 5.74) is 13.3. The number of carbonyl (C=O) groups excluding carboxylic acids is 3. The molecule has 0 spiro atoms. The van der Waals surface area contributed by atoms with Gasteiger partial charge in [-0.25, -0.2) is 24.7 Å². The third kappa shape index (κ3) is 10.4. The molecule has 22 heteroatoms. The van der Waals surface area contributed by atoms with Gasteiger partial charge in [-0.05, 0) is 82.3 Å². The first-order valence-electron chi connectivity index (χ1n) is 24.3. The molecule has 0 saturated heterocycles. The number of ketones is 1. The van der Waals surface area contributed by atoms with Crippen molar-refractivity contribution in [1.29, 1.82) is 0 Å². The summed E-state index contributed by atoms with van der Waals surface area (Å²) in [6, 6.07) is 15.0. The average molecular weight is 1050 g/mol. The van der Waals surface area contributed by atoms with E-state index in [0.717, 1.165) is 81.9 Å². The van der Waals surface area contributed by atoms with Crippen LogP contribution in [0, 0.1) is 0 Å². The Kier molecular flexibility index (Phi) is 14.1. The number of hydrogen-bond donors (Lipinski definition) is 2. The van der Waals surface area contributed by atoms with Crippen LogP contribution < -0.4 is 5.73 Å². The highest BCUT2D eigenvalue weighted by atomic mass is 35.5. The minimum Gasteiger partial charge on any atom is -0.478 e. The molecule has 10 aromatic rings. The Hall–Kier alpha value is -8.20. The van der Waals surface area contributed by atoms with Crippen LogP contribution in [0.5, 0.6) is 0 Å². The molecule has 12 rings (SSSR count). The fourth-order valence-corrected chi connectivity index (χ4v) is 9.55. The predicted octanol–water partition coefficient (Wildman–Crippen LogP) is 7.61. The van der Waals surface area contributed by atoms with Crippen molar-refractivity contribution in [3.8, 4) is 0 Å². The normalized spacial score (nSPS) is 14.0. The molecule has 2 saturated carbocycles. The van der Waals surface area contributed by atoms with Gasteiger partial charge in [-0.1, -0.05) is 35.3 Å². The van der Waals surface area contributed by atoms with Gasteiger partial charge >= 0.3 is 17.9 Å². The number of halogens is 2. The summed E-state index contributed by atoms with van der Waals surface area (Å²) in [7, 11) is 0. The largest absolute Gasteiger partial charge is 0.478 e. The standard InChI is InChI=1S/C27H25ClN6O3.C18H18N4O4.C8H8ClN3/c1-2-37-26(36)27(8-9-27)21-4-3-10-32-15-20(31-25(21)32)16-34-14-18(13-30-34)24(35)6-5-22-23-12-19(28)7-11-33(23)17-29-22;1-2-26-17(25)18(5-6-18)14-4-3-7-21-10-13(20-15(14)21)11-22-9-12(8-19-22)16(23)24;9-6-1-2-12-5-11-7(4-10)8(12)3-6/h3-4,7,10-15,17H,2,5-6,8-9,16H2,1H3;3-4,7-10H,2,5-6,11H2,1H3,(H,23,24);1-3,5H,4,10H2. The van der Waals surface area contributed by atoms with E-state index in [4.69, 9.17) is 48.5 Å².